The topological polar surface area (TPSA) is 91.0 Å². The molecule has 1 atom stereocenters. The van der Waals surface area contributed by atoms with Gasteiger partial charge in [-0.3, -0.25) is 0 Å². The van der Waals surface area contributed by atoms with Crippen molar-refractivity contribution in [2.24, 2.45) is 0 Å². The fourth-order valence-corrected chi connectivity index (χ4v) is 1.33. The number of esters is 1. The zero-order valence-electron chi connectivity index (χ0n) is 10.6. The summed E-state index contributed by atoms with van der Waals surface area (Å²) in [5.41, 5.74) is 6.10. The summed E-state index contributed by atoms with van der Waals surface area (Å²) < 4.78 is 15.0. The van der Waals surface area contributed by atoms with E-state index >= 15 is 0 Å². The first-order chi connectivity index (χ1) is 8.49. The molecule has 1 aromatic rings. The van der Waals surface area contributed by atoms with Gasteiger partial charge in [-0.15, -0.1) is 0 Å². The Kier molecular flexibility index (Phi) is 4.79. The molecule has 0 aliphatic carbocycles. The molecule has 0 saturated heterocycles. The number of aliphatic hydroxyl groups is 1. The second kappa shape index (κ2) is 6.11. The summed E-state index contributed by atoms with van der Waals surface area (Å²) in [6.45, 7) is 1.42. The highest BCUT2D eigenvalue weighted by molar-refractivity contribution is 5.97. The first kappa shape index (κ1) is 14.1. The van der Waals surface area contributed by atoms with E-state index in [1.807, 2.05) is 0 Å². The van der Waals surface area contributed by atoms with Crippen molar-refractivity contribution in [3.05, 3.63) is 17.7 Å². The Morgan fingerprint density at radius 1 is 1.39 bits per heavy atom. The zero-order chi connectivity index (χ0) is 13.7. The van der Waals surface area contributed by atoms with Gasteiger partial charge in [0.2, 0.25) is 0 Å². The summed E-state index contributed by atoms with van der Waals surface area (Å²) in [4.78, 5) is 11.8. The molecule has 1 aromatic carbocycles. The van der Waals surface area contributed by atoms with Gasteiger partial charge >= 0.3 is 5.97 Å². The zero-order valence-corrected chi connectivity index (χ0v) is 10.6. The van der Waals surface area contributed by atoms with Gasteiger partial charge in [-0.05, 0) is 13.0 Å². The van der Waals surface area contributed by atoms with Crippen molar-refractivity contribution in [1.82, 2.24) is 0 Å². The number of aliphatic hydroxyl groups excluding tert-OH is 1. The minimum Gasteiger partial charge on any atom is -0.497 e. The van der Waals surface area contributed by atoms with Gasteiger partial charge in [-0.25, -0.2) is 4.79 Å². The van der Waals surface area contributed by atoms with E-state index in [0.717, 1.165) is 0 Å². The number of rotatable bonds is 5. The van der Waals surface area contributed by atoms with Crippen LogP contribution in [0.5, 0.6) is 11.5 Å². The van der Waals surface area contributed by atoms with E-state index in [9.17, 15) is 4.79 Å². The van der Waals surface area contributed by atoms with Crippen molar-refractivity contribution in [2.75, 3.05) is 26.6 Å². The number of ether oxygens (including phenoxy) is 3. The molecule has 0 spiro atoms. The van der Waals surface area contributed by atoms with Gasteiger partial charge in [-0.1, -0.05) is 0 Å². The third kappa shape index (κ3) is 3.27. The van der Waals surface area contributed by atoms with Gasteiger partial charge in [-0.2, -0.15) is 0 Å². The maximum Gasteiger partial charge on any atom is 0.340 e. The van der Waals surface area contributed by atoms with E-state index in [4.69, 9.17) is 25.1 Å². The monoisotopic (exact) mass is 255 g/mol. The van der Waals surface area contributed by atoms with Crippen LogP contribution in [-0.4, -0.2) is 38.0 Å². The maximum absolute atomic E-state index is 11.8. The first-order valence-corrected chi connectivity index (χ1v) is 5.36. The average Bonchev–Trinajstić information content (AvgIpc) is 2.36. The third-order valence-corrected chi connectivity index (χ3v) is 2.25. The second-order valence-corrected chi connectivity index (χ2v) is 3.74. The molecule has 0 aliphatic rings. The molecule has 0 saturated carbocycles. The molecule has 1 unspecified atom stereocenters. The lowest BCUT2D eigenvalue weighted by Gasteiger charge is -2.12. The first-order valence-electron chi connectivity index (χ1n) is 5.36. The van der Waals surface area contributed by atoms with Crippen LogP contribution in [-0.2, 0) is 4.74 Å². The number of hydrogen-bond donors (Lipinski definition) is 2. The summed E-state index contributed by atoms with van der Waals surface area (Å²) in [6, 6.07) is 3.03. The van der Waals surface area contributed by atoms with Gasteiger partial charge < -0.3 is 25.1 Å². The number of anilines is 1. The number of nitrogens with two attached hydrogens (primary N) is 1. The fraction of sp³-hybridized carbons (Fsp3) is 0.417. The predicted molar refractivity (Wildman–Crippen MR) is 65.9 cm³/mol. The molecule has 6 heteroatoms. The smallest absolute Gasteiger partial charge is 0.340 e. The summed E-state index contributed by atoms with van der Waals surface area (Å²) in [6.07, 6.45) is -0.734. The largest absolute Gasteiger partial charge is 0.497 e. The number of carbonyl (C=O) groups is 1. The quantitative estimate of drug-likeness (QED) is 0.598. The number of methoxy groups -OCH3 is 2. The van der Waals surface area contributed by atoms with E-state index in [0.29, 0.717) is 11.5 Å². The number of hydrogen-bond acceptors (Lipinski definition) is 6. The highest BCUT2D eigenvalue weighted by Crippen LogP contribution is 2.31. The van der Waals surface area contributed by atoms with Crippen LogP contribution in [0, 0.1) is 0 Å². The van der Waals surface area contributed by atoms with Crippen LogP contribution in [0.4, 0.5) is 5.69 Å². The maximum atomic E-state index is 11.8. The summed E-state index contributed by atoms with van der Waals surface area (Å²) in [5, 5.41) is 9.06. The summed E-state index contributed by atoms with van der Waals surface area (Å²) in [5.74, 6) is 0.133. The minimum absolute atomic E-state index is 0.0994. The average molecular weight is 255 g/mol. The van der Waals surface area contributed by atoms with Crippen LogP contribution >= 0.6 is 0 Å². The van der Waals surface area contributed by atoms with Crippen LogP contribution in [0.1, 0.15) is 17.3 Å². The molecular weight excluding hydrogens is 238 g/mol. The van der Waals surface area contributed by atoms with E-state index < -0.39 is 12.1 Å². The van der Waals surface area contributed by atoms with Gasteiger partial charge in [0.15, 0.2) is 0 Å². The van der Waals surface area contributed by atoms with Gasteiger partial charge in [0, 0.05) is 6.07 Å². The molecule has 18 heavy (non-hydrogen) atoms. The van der Waals surface area contributed by atoms with Crippen molar-refractivity contribution in [3.63, 3.8) is 0 Å². The molecule has 0 fully saturated rings. The Balaban J connectivity index is 3.02. The standard InChI is InChI=1S/C12H17NO5/c1-7(14)6-18-12(15)9-4-8(16-2)5-10(17-3)11(9)13/h4-5,7,14H,6,13H2,1-3H3. The van der Waals surface area contributed by atoms with Crippen LogP contribution in [0.25, 0.3) is 0 Å². The third-order valence-electron chi connectivity index (χ3n) is 2.25. The SMILES string of the molecule is COc1cc(OC)c(N)c(C(=O)OCC(C)O)c1. The molecular formula is C12H17NO5. The van der Waals surface area contributed by atoms with Crippen molar-refractivity contribution >= 4 is 11.7 Å². The van der Waals surface area contributed by atoms with Crippen molar-refractivity contribution in [2.45, 2.75) is 13.0 Å². The van der Waals surface area contributed by atoms with Crippen LogP contribution < -0.4 is 15.2 Å². The molecule has 3 N–H and O–H groups in total. The van der Waals surface area contributed by atoms with Crippen molar-refractivity contribution < 1.29 is 24.1 Å². The Morgan fingerprint density at radius 2 is 2.06 bits per heavy atom. The van der Waals surface area contributed by atoms with Crippen LogP contribution in [0.15, 0.2) is 12.1 Å². The molecule has 0 heterocycles. The highest BCUT2D eigenvalue weighted by atomic mass is 16.5. The van der Waals surface area contributed by atoms with E-state index in [2.05, 4.69) is 0 Å². The van der Waals surface area contributed by atoms with Crippen molar-refractivity contribution in [1.29, 1.82) is 0 Å². The molecule has 0 aliphatic heterocycles. The molecule has 6 nitrogen and oxygen atoms in total. The molecule has 0 bridgehead atoms. The molecule has 1 rings (SSSR count). The Hall–Kier alpha value is -1.95. The van der Waals surface area contributed by atoms with Gasteiger partial charge in [0.25, 0.3) is 0 Å². The highest BCUT2D eigenvalue weighted by Gasteiger charge is 2.17. The van der Waals surface area contributed by atoms with E-state index in [1.165, 1.54) is 27.2 Å². The number of benzene rings is 1. The lowest BCUT2D eigenvalue weighted by molar-refractivity contribution is 0.0297. The predicted octanol–water partition coefficient (Wildman–Crippen LogP) is 0.824. The Bertz CT molecular complexity index is 431. The van der Waals surface area contributed by atoms with Gasteiger partial charge in [0.05, 0.1) is 31.6 Å². The molecule has 0 amide bonds. The van der Waals surface area contributed by atoms with Crippen LogP contribution in [0.2, 0.25) is 0 Å². The second-order valence-electron chi connectivity index (χ2n) is 3.74. The van der Waals surface area contributed by atoms with Crippen molar-refractivity contribution in [3.8, 4) is 11.5 Å². The summed E-state index contributed by atoms with van der Waals surface area (Å²) in [7, 11) is 2.91. The molecule has 100 valence electrons. The van der Waals surface area contributed by atoms with Crippen LogP contribution in [0.3, 0.4) is 0 Å². The van der Waals surface area contributed by atoms with E-state index in [-0.39, 0.29) is 17.9 Å². The fourth-order valence-electron chi connectivity index (χ4n) is 1.33. The number of carbonyl (C=O) groups excluding carboxylic acids is 1. The Morgan fingerprint density at radius 3 is 2.56 bits per heavy atom. The Labute approximate surface area is 105 Å². The minimum atomic E-state index is -0.734. The molecule has 0 aromatic heterocycles. The molecule has 0 radical (unpaired) electrons. The summed E-state index contributed by atoms with van der Waals surface area (Å²) >= 11 is 0. The lowest BCUT2D eigenvalue weighted by atomic mass is 10.1. The number of nitrogen functional groups attached to an aromatic ring is 1. The normalized spacial score (nSPS) is 11.8. The van der Waals surface area contributed by atoms with Gasteiger partial charge in [0.1, 0.15) is 18.1 Å². The lowest BCUT2D eigenvalue weighted by Crippen LogP contribution is -2.16. The van der Waals surface area contributed by atoms with E-state index in [1.54, 1.807) is 6.07 Å².